The second-order valence-corrected chi connectivity index (χ2v) is 6.61. The predicted octanol–water partition coefficient (Wildman–Crippen LogP) is 2.97. The van der Waals surface area contributed by atoms with E-state index in [0.29, 0.717) is 10.6 Å². The zero-order chi connectivity index (χ0) is 15.0. The fourth-order valence-electron chi connectivity index (χ4n) is 2.32. The van der Waals surface area contributed by atoms with Crippen molar-refractivity contribution < 1.29 is 13.4 Å². The molecule has 1 heterocycles. The lowest BCUT2D eigenvalue weighted by Gasteiger charge is -2.02. The van der Waals surface area contributed by atoms with Crippen molar-refractivity contribution in [1.82, 2.24) is 0 Å². The molecule has 0 bridgehead atoms. The molecule has 6 heteroatoms. The lowest BCUT2D eigenvalue weighted by molar-refractivity contribution is -0.115. The first-order valence-electron chi connectivity index (χ1n) is 6.27. The van der Waals surface area contributed by atoms with Gasteiger partial charge >= 0.3 is 0 Å². The van der Waals surface area contributed by atoms with Crippen LogP contribution in [-0.4, -0.2) is 15.9 Å². The lowest BCUT2D eigenvalue weighted by atomic mass is 10.1. The average Bonchev–Trinajstić information content (AvgIpc) is 2.77. The number of hydrogen-bond acceptors (Lipinski definition) is 3. The summed E-state index contributed by atoms with van der Waals surface area (Å²) in [5, 5.41) is 2.30. The minimum absolute atomic E-state index is 0.151. The van der Waals surface area contributed by atoms with Gasteiger partial charge in [0.25, 0.3) is 0 Å². The topological polar surface area (TPSA) is 73.3 Å². The number of carbonyl (C=O) groups excluding carboxylic acids is 1. The van der Waals surface area contributed by atoms with E-state index in [9.17, 15) is 9.00 Å². The summed E-state index contributed by atoms with van der Waals surface area (Å²) < 4.78 is 17.5. The van der Waals surface area contributed by atoms with Crippen molar-refractivity contribution in [2.24, 2.45) is 5.73 Å². The van der Waals surface area contributed by atoms with Crippen LogP contribution in [0.1, 0.15) is 5.56 Å². The zero-order valence-corrected chi connectivity index (χ0v) is 12.5. The predicted molar refractivity (Wildman–Crippen MR) is 84.6 cm³/mol. The quantitative estimate of drug-likeness (QED) is 0.802. The Morgan fingerprint density at radius 2 is 2.00 bits per heavy atom. The molecule has 1 amide bonds. The molecule has 1 aromatic heterocycles. The number of benzene rings is 2. The third kappa shape index (κ3) is 2.80. The van der Waals surface area contributed by atoms with Crippen molar-refractivity contribution >= 4 is 50.2 Å². The van der Waals surface area contributed by atoms with Crippen LogP contribution in [0.2, 0.25) is 5.02 Å². The largest absolute Gasteiger partial charge is 0.454 e. The lowest BCUT2D eigenvalue weighted by Crippen LogP contribution is -2.20. The molecule has 0 aliphatic carbocycles. The van der Waals surface area contributed by atoms with E-state index in [1.165, 1.54) is 0 Å². The fourth-order valence-corrected chi connectivity index (χ4v) is 3.56. The maximum atomic E-state index is 11.8. The molecular weight excluding hydrogens is 310 g/mol. The van der Waals surface area contributed by atoms with Gasteiger partial charge in [-0.05, 0) is 23.8 Å². The summed E-state index contributed by atoms with van der Waals surface area (Å²) in [6, 6.07) is 11.2. The SMILES string of the molecule is NC(=O)CS(=O)Cc1cc(Cl)c2oc3ccccc3c2c1. The van der Waals surface area contributed by atoms with E-state index in [-0.39, 0.29) is 11.5 Å². The van der Waals surface area contributed by atoms with Gasteiger partial charge in [-0.2, -0.15) is 0 Å². The summed E-state index contributed by atoms with van der Waals surface area (Å²) in [6.07, 6.45) is 0. The Labute approximate surface area is 128 Å². The van der Waals surface area contributed by atoms with Crippen LogP contribution in [0.5, 0.6) is 0 Å². The Hall–Kier alpha value is -1.85. The highest BCUT2D eigenvalue weighted by Gasteiger charge is 2.13. The second kappa shape index (κ2) is 5.50. The first-order chi connectivity index (χ1) is 10.0. The van der Waals surface area contributed by atoms with Crippen LogP contribution < -0.4 is 5.73 Å². The number of nitrogens with two attached hydrogens (primary N) is 1. The van der Waals surface area contributed by atoms with E-state index in [2.05, 4.69) is 0 Å². The Morgan fingerprint density at radius 1 is 1.24 bits per heavy atom. The zero-order valence-electron chi connectivity index (χ0n) is 11.0. The molecule has 0 fully saturated rings. The molecule has 1 atom stereocenters. The van der Waals surface area contributed by atoms with Crippen molar-refractivity contribution in [2.45, 2.75) is 5.75 Å². The monoisotopic (exact) mass is 321 g/mol. The van der Waals surface area contributed by atoms with Gasteiger partial charge in [0, 0.05) is 27.3 Å². The maximum Gasteiger partial charge on any atom is 0.230 e. The van der Waals surface area contributed by atoms with Crippen LogP contribution >= 0.6 is 11.6 Å². The molecule has 0 spiro atoms. The van der Waals surface area contributed by atoms with Crippen LogP contribution in [0.3, 0.4) is 0 Å². The number of para-hydroxylation sites is 1. The molecule has 3 rings (SSSR count). The van der Waals surface area contributed by atoms with Crippen LogP contribution in [-0.2, 0) is 21.3 Å². The number of rotatable bonds is 4. The molecular formula is C15H12ClNO3S. The van der Waals surface area contributed by atoms with Crippen molar-refractivity contribution in [1.29, 1.82) is 0 Å². The Bertz CT molecular complexity index is 872. The van der Waals surface area contributed by atoms with E-state index < -0.39 is 16.7 Å². The summed E-state index contributed by atoms with van der Waals surface area (Å²) in [5.41, 5.74) is 7.21. The normalized spacial score (nSPS) is 12.8. The first-order valence-corrected chi connectivity index (χ1v) is 8.14. The Kier molecular flexibility index (Phi) is 3.69. The molecule has 2 aromatic carbocycles. The van der Waals surface area contributed by atoms with Crippen LogP contribution in [0.4, 0.5) is 0 Å². The second-order valence-electron chi connectivity index (χ2n) is 4.75. The summed E-state index contributed by atoms with van der Waals surface area (Å²) in [7, 11) is -1.34. The number of primary amides is 1. The van der Waals surface area contributed by atoms with Gasteiger partial charge in [-0.25, -0.2) is 0 Å². The smallest absolute Gasteiger partial charge is 0.230 e. The van der Waals surface area contributed by atoms with E-state index in [1.54, 1.807) is 6.07 Å². The first kappa shape index (κ1) is 14.1. The van der Waals surface area contributed by atoms with Crippen molar-refractivity contribution in [2.75, 3.05) is 5.75 Å². The average molecular weight is 322 g/mol. The molecule has 2 N–H and O–H groups in total. The Balaban J connectivity index is 2.07. The van der Waals surface area contributed by atoms with E-state index in [1.807, 2.05) is 30.3 Å². The molecule has 3 aromatic rings. The van der Waals surface area contributed by atoms with E-state index in [0.717, 1.165) is 21.9 Å². The molecule has 0 aliphatic heterocycles. The maximum absolute atomic E-state index is 11.8. The summed E-state index contributed by atoms with van der Waals surface area (Å²) in [4.78, 5) is 10.8. The van der Waals surface area contributed by atoms with Gasteiger partial charge in [-0.1, -0.05) is 29.8 Å². The van der Waals surface area contributed by atoms with Crippen molar-refractivity contribution in [3.8, 4) is 0 Å². The summed E-state index contributed by atoms with van der Waals surface area (Å²) in [5.74, 6) is -0.492. The molecule has 0 saturated heterocycles. The number of amides is 1. The molecule has 1 unspecified atom stereocenters. The van der Waals surface area contributed by atoms with Crippen molar-refractivity contribution in [3.63, 3.8) is 0 Å². The molecule has 21 heavy (non-hydrogen) atoms. The summed E-state index contributed by atoms with van der Waals surface area (Å²) in [6.45, 7) is 0. The molecule has 108 valence electrons. The number of halogens is 1. The van der Waals surface area contributed by atoms with Crippen molar-refractivity contribution in [3.05, 3.63) is 47.0 Å². The van der Waals surface area contributed by atoms with Gasteiger partial charge in [-0.15, -0.1) is 0 Å². The Morgan fingerprint density at radius 3 is 2.76 bits per heavy atom. The van der Waals surface area contributed by atoms with E-state index >= 15 is 0 Å². The fraction of sp³-hybridized carbons (Fsp3) is 0.133. The van der Waals surface area contributed by atoms with Gasteiger partial charge < -0.3 is 10.2 Å². The minimum Gasteiger partial charge on any atom is -0.454 e. The summed E-state index contributed by atoms with van der Waals surface area (Å²) >= 11 is 6.24. The van der Waals surface area contributed by atoms with Crippen LogP contribution in [0.15, 0.2) is 40.8 Å². The third-order valence-electron chi connectivity index (χ3n) is 3.12. The number of fused-ring (bicyclic) bond motifs is 3. The van der Waals surface area contributed by atoms with Gasteiger partial charge in [0.1, 0.15) is 11.3 Å². The highest BCUT2D eigenvalue weighted by atomic mass is 35.5. The van der Waals surface area contributed by atoms with Gasteiger partial charge in [-0.3, -0.25) is 9.00 Å². The number of carbonyl (C=O) groups is 1. The molecule has 0 radical (unpaired) electrons. The van der Waals surface area contributed by atoms with Gasteiger partial charge in [0.2, 0.25) is 5.91 Å². The van der Waals surface area contributed by atoms with Gasteiger partial charge in [0.05, 0.1) is 5.02 Å². The number of furan rings is 1. The molecule has 4 nitrogen and oxygen atoms in total. The van der Waals surface area contributed by atoms with Gasteiger partial charge in [0.15, 0.2) is 5.58 Å². The highest BCUT2D eigenvalue weighted by Crippen LogP contribution is 2.34. The minimum atomic E-state index is -1.34. The van der Waals surface area contributed by atoms with Crippen LogP contribution in [0.25, 0.3) is 21.9 Å². The molecule has 0 aliphatic rings. The van der Waals surface area contributed by atoms with E-state index in [4.69, 9.17) is 21.8 Å². The third-order valence-corrected chi connectivity index (χ3v) is 4.67. The van der Waals surface area contributed by atoms with Crippen LogP contribution in [0, 0.1) is 0 Å². The molecule has 0 saturated carbocycles. The highest BCUT2D eigenvalue weighted by molar-refractivity contribution is 7.84. The number of hydrogen-bond donors (Lipinski definition) is 1. The standard InChI is InChI=1S/C15H12ClNO3S/c16-12-6-9(7-21(19)8-14(17)18)5-11-10-3-1-2-4-13(10)20-15(11)12/h1-6H,7-8H2,(H2,17,18).